The molecule has 1 amide bonds. The predicted molar refractivity (Wildman–Crippen MR) is 176 cm³/mol. The maximum absolute atomic E-state index is 12.9. The minimum atomic E-state index is -0.487. The van der Waals surface area contributed by atoms with E-state index in [0.29, 0.717) is 79.4 Å². The summed E-state index contributed by atoms with van der Waals surface area (Å²) in [5.41, 5.74) is 0.483. The van der Waals surface area contributed by atoms with E-state index in [-0.39, 0.29) is 52.7 Å². The normalized spacial score (nSPS) is 51.1. The number of carbonyl (C=O) groups excluding carboxylic acids is 2. The Balaban J connectivity index is 0.987. The second-order valence-electron chi connectivity index (χ2n) is 18.7. The van der Waals surface area contributed by atoms with Crippen LogP contribution < -0.4 is 0 Å². The van der Waals surface area contributed by atoms with Crippen LogP contribution in [0.15, 0.2) is 0 Å². The average Bonchev–Trinajstić information content (AvgIpc) is 3.96. The Kier molecular flexibility index (Phi) is 7.81. The molecule has 6 saturated carbocycles. The van der Waals surface area contributed by atoms with Gasteiger partial charge in [-0.3, -0.25) is 9.59 Å². The molecule has 264 valence electrons. The van der Waals surface area contributed by atoms with Gasteiger partial charge < -0.3 is 29.0 Å². The lowest BCUT2D eigenvalue weighted by Gasteiger charge is -2.64. The number of fused-ring (bicyclic) bond motifs is 4. The van der Waals surface area contributed by atoms with Crippen LogP contribution in [0.2, 0.25) is 0 Å². The molecule has 8 aliphatic rings. The van der Waals surface area contributed by atoms with Gasteiger partial charge in [-0.15, -0.1) is 0 Å². The Hall–Kier alpha value is -1.22. The highest BCUT2D eigenvalue weighted by molar-refractivity contribution is 5.76. The van der Waals surface area contributed by atoms with Crippen molar-refractivity contribution in [3.63, 3.8) is 0 Å². The van der Waals surface area contributed by atoms with E-state index in [9.17, 15) is 14.7 Å². The SMILES string of the molecule is COC(=O)CCC1C[C@@H](C)C2C(O1)[C@H](O)C1(C)[C@@H]3CC[C@H]4C(C)(C)[C@@H](OC5CN(C(=O)CC6CC6)CCO5)CC[C@@]45CC35CC[C@]21C. The van der Waals surface area contributed by atoms with Gasteiger partial charge in [-0.1, -0.05) is 34.6 Å². The molecule has 2 spiro atoms. The zero-order valence-corrected chi connectivity index (χ0v) is 29.9. The minimum absolute atomic E-state index is 0.00284. The molecule has 0 bridgehead atoms. The fourth-order valence-corrected chi connectivity index (χ4v) is 14.0. The number of ether oxygens (including phenoxy) is 4. The van der Waals surface area contributed by atoms with Gasteiger partial charge in [0.05, 0.1) is 44.7 Å². The molecule has 0 aromatic carbocycles. The maximum atomic E-state index is 12.9. The first-order chi connectivity index (χ1) is 22.3. The summed E-state index contributed by atoms with van der Waals surface area (Å²) in [5, 5.41) is 12.4. The standard InChI is InChI=1S/C39H61NO7/c1-23-19-25(9-12-30(42)44-6)46-33-32(23)36(4)15-16-39-22-38(39)14-13-28(35(2,3)26(38)10-11-27(39)37(36,5)34(33)43)47-31-21-40(17-18-45-31)29(41)20-24-7-8-24/h23-28,31-34,43H,7-22H2,1-6H3/t23-,25?,26+,27+,28+,31?,32?,33?,34+,36-,37?,38-,39?/m1/s1. The van der Waals surface area contributed by atoms with Crippen LogP contribution in [0.3, 0.4) is 0 Å². The summed E-state index contributed by atoms with van der Waals surface area (Å²) in [6, 6.07) is 0. The minimum Gasteiger partial charge on any atom is -0.469 e. The first-order valence-electron chi connectivity index (χ1n) is 19.3. The topological polar surface area (TPSA) is 94.5 Å². The van der Waals surface area contributed by atoms with Crippen molar-refractivity contribution in [2.75, 3.05) is 26.8 Å². The van der Waals surface area contributed by atoms with E-state index in [0.717, 1.165) is 25.7 Å². The third-order valence-corrected chi connectivity index (χ3v) is 16.6. The third kappa shape index (κ3) is 4.65. The van der Waals surface area contributed by atoms with Crippen molar-refractivity contribution in [1.82, 2.24) is 4.90 Å². The van der Waals surface area contributed by atoms with Gasteiger partial charge >= 0.3 is 5.97 Å². The van der Waals surface area contributed by atoms with Gasteiger partial charge in [-0.05, 0) is 122 Å². The number of aliphatic hydroxyl groups is 1. The van der Waals surface area contributed by atoms with E-state index in [1.807, 2.05) is 4.90 Å². The second-order valence-corrected chi connectivity index (χ2v) is 18.7. The molecular formula is C39H61NO7. The molecular weight excluding hydrogens is 594 g/mol. The predicted octanol–water partition coefficient (Wildman–Crippen LogP) is 6.12. The number of nitrogens with zero attached hydrogens (tertiary/aromatic N) is 1. The van der Waals surface area contributed by atoms with Gasteiger partial charge in [0.2, 0.25) is 5.91 Å². The summed E-state index contributed by atoms with van der Waals surface area (Å²) < 4.78 is 24.7. The molecule has 2 saturated heterocycles. The Morgan fingerprint density at radius 3 is 2.47 bits per heavy atom. The molecule has 0 aromatic rings. The number of rotatable bonds is 7. The van der Waals surface area contributed by atoms with Gasteiger partial charge in [-0.2, -0.15) is 0 Å². The average molecular weight is 656 g/mol. The van der Waals surface area contributed by atoms with Crippen LogP contribution in [-0.2, 0) is 28.5 Å². The Labute approximate surface area is 282 Å². The highest BCUT2D eigenvalue weighted by Gasteiger charge is 2.84. The van der Waals surface area contributed by atoms with Crippen molar-refractivity contribution < 1.29 is 33.6 Å². The lowest BCUT2D eigenvalue weighted by molar-refractivity contribution is -0.248. The van der Waals surface area contributed by atoms with Crippen molar-refractivity contribution in [2.24, 2.45) is 56.7 Å². The van der Waals surface area contributed by atoms with Crippen LogP contribution in [0.25, 0.3) is 0 Å². The molecule has 0 aromatic heterocycles. The van der Waals surface area contributed by atoms with Crippen LogP contribution in [0.4, 0.5) is 0 Å². The van der Waals surface area contributed by atoms with Crippen molar-refractivity contribution in [1.29, 1.82) is 0 Å². The fraction of sp³-hybridized carbons (Fsp3) is 0.949. The number of carbonyl (C=O) groups is 2. The Bertz CT molecular complexity index is 1270. The van der Waals surface area contributed by atoms with Crippen LogP contribution in [0.5, 0.6) is 0 Å². The monoisotopic (exact) mass is 655 g/mol. The first-order valence-corrected chi connectivity index (χ1v) is 19.3. The number of morpholine rings is 1. The number of aliphatic hydroxyl groups excluding tert-OH is 1. The highest BCUT2D eigenvalue weighted by Crippen LogP contribution is 2.89. The lowest BCUT2D eigenvalue weighted by atomic mass is 9.41. The largest absolute Gasteiger partial charge is 0.469 e. The van der Waals surface area contributed by atoms with Crippen molar-refractivity contribution in [3.8, 4) is 0 Å². The molecule has 6 aliphatic carbocycles. The third-order valence-electron chi connectivity index (χ3n) is 16.6. The second kappa shape index (κ2) is 11.1. The van der Waals surface area contributed by atoms with Gasteiger partial charge in [0.25, 0.3) is 0 Å². The Morgan fingerprint density at radius 1 is 0.979 bits per heavy atom. The van der Waals surface area contributed by atoms with Gasteiger partial charge in [0, 0.05) is 24.8 Å². The number of hydrogen-bond acceptors (Lipinski definition) is 7. The smallest absolute Gasteiger partial charge is 0.305 e. The van der Waals surface area contributed by atoms with Crippen LogP contribution >= 0.6 is 0 Å². The van der Waals surface area contributed by atoms with Crippen molar-refractivity contribution >= 4 is 11.9 Å². The molecule has 47 heavy (non-hydrogen) atoms. The van der Waals surface area contributed by atoms with E-state index in [1.54, 1.807) is 0 Å². The van der Waals surface area contributed by atoms with Crippen LogP contribution in [-0.4, -0.2) is 79.4 Å². The molecule has 8 rings (SSSR count). The molecule has 8 fully saturated rings. The first kappa shape index (κ1) is 33.0. The highest BCUT2D eigenvalue weighted by atomic mass is 16.7. The van der Waals surface area contributed by atoms with E-state index in [4.69, 9.17) is 18.9 Å². The fourth-order valence-electron chi connectivity index (χ4n) is 14.0. The summed E-state index contributed by atoms with van der Waals surface area (Å²) in [7, 11) is 1.45. The van der Waals surface area contributed by atoms with E-state index < -0.39 is 6.10 Å². The number of hydrogen-bond donors (Lipinski definition) is 1. The van der Waals surface area contributed by atoms with Crippen LogP contribution in [0.1, 0.15) is 118 Å². The maximum Gasteiger partial charge on any atom is 0.305 e. The van der Waals surface area contributed by atoms with Crippen LogP contribution in [0, 0.1) is 56.7 Å². The molecule has 1 N–H and O–H groups in total. The summed E-state index contributed by atoms with van der Waals surface area (Å²) in [4.78, 5) is 26.8. The summed E-state index contributed by atoms with van der Waals surface area (Å²) >= 11 is 0. The number of esters is 1. The van der Waals surface area contributed by atoms with Crippen molar-refractivity contribution in [2.45, 2.75) is 149 Å². The molecule has 8 nitrogen and oxygen atoms in total. The molecule has 6 unspecified atom stereocenters. The van der Waals surface area contributed by atoms with Gasteiger partial charge in [0.15, 0.2) is 6.29 Å². The molecule has 13 atom stereocenters. The van der Waals surface area contributed by atoms with E-state index >= 15 is 0 Å². The lowest BCUT2D eigenvalue weighted by Crippen LogP contribution is -2.60. The summed E-state index contributed by atoms with van der Waals surface area (Å²) in [5.74, 6) is 2.56. The number of amides is 1. The zero-order valence-electron chi connectivity index (χ0n) is 29.9. The van der Waals surface area contributed by atoms with Gasteiger partial charge in [0.1, 0.15) is 0 Å². The molecule has 2 heterocycles. The Morgan fingerprint density at radius 2 is 1.72 bits per heavy atom. The molecule has 8 heteroatoms. The molecule has 2 aliphatic heterocycles. The van der Waals surface area contributed by atoms with Crippen molar-refractivity contribution in [3.05, 3.63) is 0 Å². The quantitative estimate of drug-likeness (QED) is 0.330. The molecule has 0 radical (unpaired) electrons. The van der Waals surface area contributed by atoms with E-state index in [2.05, 4.69) is 34.6 Å². The van der Waals surface area contributed by atoms with Gasteiger partial charge in [-0.25, -0.2) is 0 Å². The number of methoxy groups -OCH3 is 1. The summed E-state index contributed by atoms with van der Waals surface area (Å²) in [6.07, 6.45) is 12.5. The zero-order chi connectivity index (χ0) is 33.1. The van der Waals surface area contributed by atoms with E-state index in [1.165, 1.54) is 45.6 Å². The summed E-state index contributed by atoms with van der Waals surface area (Å²) in [6.45, 7) is 14.0.